The van der Waals surface area contributed by atoms with Crippen LogP contribution in [0.25, 0.3) is 11.4 Å². The van der Waals surface area contributed by atoms with Crippen LogP contribution in [0, 0.1) is 0 Å². The molecule has 1 atom stereocenters. The quantitative estimate of drug-likeness (QED) is 0.607. The van der Waals surface area contributed by atoms with E-state index in [1.807, 2.05) is 53.4 Å². The topological polar surface area (TPSA) is 75.6 Å². The number of thioether (sulfide) groups is 1. The van der Waals surface area contributed by atoms with Crippen LogP contribution in [0.4, 0.5) is 5.69 Å². The first-order valence-corrected chi connectivity index (χ1v) is 10.4. The molecule has 1 unspecified atom stereocenters. The minimum Gasteiger partial charge on any atom is -0.342 e. The molecule has 2 aromatic heterocycles. The van der Waals surface area contributed by atoms with Gasteiger partial charge in [-0.25, -0.2) is 4.98 Å². The molecule has 2 heterocycles. The highest BCUT2D eigenvalue weighted by Gasteiger charge is 2.19. The SMILES string of the molecule is CSCCC(C(=O)Nc1cccc(-c2n[nH]c(C(C)C)n2)c1)n1cccc1. The molecule has 3 rings (SSSR count). The van der Waals surface area contributed by atoms with Gasteiger partial charge in [0.25, 0.3) is 0 Å². The molecule has 0 aliphatic rings. The van der Waals surface area contributed by atoms with E-state index in [1.165, 1.54) is 0 Å². The Morgan fingerprint density at radius 3 is 2.70 bits per heavy atom. The van der Waals surface area contributed by atoms with Gasteiger partial charge in [0.05, 0.1) is 0 Å². The summed E-state index contributed by atoms with van der Waals surface area (Å²) in [7, 11) is 0. The zero-order valence-corrected chi connectivity index (χ0v) is 16.7. The smallest absolute Gasteiger partial charge is 0.247 e. The fraction of sp³-hybridized carbons (Fsp3) is 0.350. The van der Waals surface area contributed by atoms with Gasteiger partial charge < -0.3 is 9.88 Å². The van der Waals surface area contributed by atoms with Crippen LogP contribution in [0.2, 0.25) is 0 Å². The summed E-state index contributed by atoms with van der Waals surface area (Å²) in [6.45, 7) is 4.13. The maximum Gasteiger partial charge on any atom is 0.247 e. The molecule has 0 saturated heterocycles. The second-order valence-electron chi connectivity index (χ2n) is 6.70. The molecule has 0 radical (unpaired) electrons. The van der Waals surface area contributed by atoms with Gasteiger partial charge in [0.2, 0.25) is 5.91 Å². The van der Waals surface area contributed by atoms with Crippen molar-refractivity contribution in [1.29, 1.82) is 0 Å². The molecular formula is C20H25N5OS. The number of rotatable bonds is 8. The van der Waals surface area contributed by atoms with Crippen molar-refractivity contribution in [2.75, 3.05) is 17.3 Å². The third-order valence-corrected chi connectivity index (χ3v) is 4.97. The first-order valence-electron chi connectivity index (χ1n) is 9.03. The number of nitrogens with one attached hydrogen (secondary N) is 2. The number of aromatic amines is 1. The summed E-state index contributed by atoms with van der Waals surface area (Å²) >= 11 is 1.74. The zero-order valence-electron chi connectivity index (χ0n) is 15.8. The van der Waals surface area contributed by atoms with Crippen molar-refractivity contribution in [1.82, 2.24) is 19.7 Å². The fourth-order valence-electron chi connectivity index (χ4n) is 2.82. The summed E-state index contributed by atoms with van der Waals surface area (Å²) in [6.07, 6.45) is 6.70. The lowest BCUT2D eigenvalue weighted by atomic mass is 10.1. The van der Waals surface area contributed by atoms with Crippen molar-refractivity contribution in [2.45, 2.75) is 32.2 Å². The third kappa shape index (κ3) is 4.80. The predicted octanol–water partition coefficient (Wildman–Crippen LogP) is 4.33. The fourth-order valence-corrected chi connectivity index (χ4v) is 3.28. The van der Waals surface area contributed by atoms with Crippen LogP contribution in [-0.4, -0.2) is 37.7 Å². The number of carbonyl (C=O) groups excluding carboxylic acids is 1. The molecule has 0 saturated carbocycles. The van der Waals surface area contributed by atoms with Gasteiger partial charge in [-0.3, -0.25) is 9.89 Å². The van der Waals surface area contributed by atoms with Gasteiger partial charge in [0.15, 0.2) is 5.82 Å². The molecule has 6 nitrogen and oxygen atoms in total. The minimum absolute atomic E-state index is 0.0183. The number of hydrogen-bond acceptors (Lipinski definition) is 4. The molecule has 1 amide bonds. The number of benzene rings is 1. The van der Waals surface area contributed by atoms with Crippen LogP contribution in [0.15, 0.2) is 48.8 Å². The highest BCUT2D eigenvalue weighted by atomic mass is 32.2. The number of nitrogens with zero attached hydrogens (tertiary/aromatic N) is 3. The Morgan fingerprint density at radius 2 is 2.04 bits per heavy atom. The van der Waals surface area contributed by atoms with E-state index >= 15 is 0 Å². The van der Waals surface area contributed by atoms with Crippen molar-refractivity contribution in [2.24, 2.45) is 0 Å². The third-order valence-electron chi connectivity index (χ3n) is 4.32. The summed E-state index contributed by atoms with van der Waals surface area (Å²) in [6, 6.07) is 11.3. The lowest BCUT2D eigenvalue weighted by Crippen LogP contribution is -2.25. The van der Waals surface area contributed by atoms with E-state index in [4.69, 9.17) is 0 Å². The van der Waals surface area contributed by atoms with E-state index in [9.17, 15) is 4.79 Å². The number of amides is 1. The highest BCUT2D eigenvalue weighted by molar-refractivity contribution is 7.98. The van der Waals surface area contributed by atoms with Gasteiger partial charge in [-0.1, -0.05) is 26.0 Å². The maximum absolute atomic E-state index is 12.9. The Bertz CT molecular complexity index is 872. The van der Waals surface area contributed by atoms with Gasteiger partial charge in [-0.15, -0.1) is 0 Å². The van der Waals surface area contributed by atoms with E-state index < -0.39 is 0 Å². The lowest BCUT2D eigenvalue weighted by molar-refractivity contribution is -0.119. The van der Waals surface area contributed by atoms with Gasteiger partial charge in [0.1, 0.15) is 11.9 Å². The summed E-state index contributed by atoms with van der Waals surface area (Å²) in [5, 5.41) is 10.3. The summed E-state index contributed by atoms with van der Waals surface area (Å²) in [5.74, 6) is 2.68. The van der Waals surface area contributed by atoms with Crippen LogP contribution < -0.4 is 5.32 Å². The van der Waals surface area contributed by atoms with E-state index in [1.54, 1.807) is 11.8 Å². The first-order chi connectivity index (χ1) is 13.1. The Balaban J connectivity index is 1.77. The molecular weight excluding hydrogens is 358 g/mol. The molecule has 1 aromatic carbocycles. The Kier molecular flexibility index (Phi) is 6.34. The normalized spacial score (nSPS) is 12.3. The van der Waals surface area contributed by atoms with Crippen molar-refractivity contribution in [3.8, 4) is 11.4 Å². The highest BCUT2D eigenvalue weighted by Crippen LogP contribution is 2.23. The van der Waals surface area contributed by atoms with E-state index in [-0.39, 0.29) is 17.9 Å². The Hall–Kier alpha value is -2.54. The molecule has 27 heavy (non-hydrogen) atoms. The average molecular weight is 384 g/mol. The van der Waals surface area contributed by atoms with Crippen LogP contribution in [0.5, 0.6) is 0 Å². The zero-order chi connectivity index (χ0) is 19.2. The number of H-pyrrole nitrogens is 1. The molecule has 0 fully saturated rings. The van der Waals surface area contributed by atoms with Crippen molar-refractivity contribution < 1.29 is 4.79 Å². The van der Waals surface area contributed by atoms with Crippen LogP contribution >= 0.6 is 11.8 Å². The standard InChI is InChI=1S/C20H25N5OS/c1-14(2)18-22-19(24-23-18)15-7-6-8-16(13-15)21-20(26)17(9-12-27-3)25-10-4-5-11-25/h4-8,10-11,13-14,17H,9,12H2,1-3H3,(H,21,26)(H,22,23,24). The average Bonchev–Trinajstić information content (AvgIpc) is 3.34. The molecule has 2 N–H and O–H groups in total. The van der Waals surface area contributed by atoms with Crippen LogP contribution in [-0.2, 0) is 4.79 Å². The maximum atomic E-state index is 12.9. The Morgan fingerprint density at radius 1 is 1.26 bits per heavy atom. The van der Waals surface area contributed by atoms with E-state index in [0.717, 1.165) is 29.2 Å². The largest absolute Gasteiger partial charge is 0.342 e. The molecule has 0 spiro atoms. The monoisotopic (exact) mass is 383 g/mol. The molecule has 142 valence electrons. The Labute approximate surface area is 163 Å². The summed E-state index contributed by atoms with van der Waals surface area (Å²) < 4.78 is 1.96. The molecule has 3 aromatic rings. The van der Waals surface area contributed by atoms with Gasteiger partial charge >= 0.3 is 0 Å². The molecule has 0 aliphatic carbocycles. The molecule has 7 heteroatoms. The lowest BCUT2D eigenvalue weighted by Gasteiger charge is -2.18. The minimum atomic E-state index is -0.229. The van der Waals surface area contributed by atoms with E-state index in [0.29, 0.717) is 5.82 Å². The van der Waals surface area contributed by atoms with Crippen LogP contribution in [0.3, 0.4) is 0 Å². The second kappa shape index (κ2) is 8.90. The van der Waals surface area contributed by atoms with Gasteiger partial charge in [-0.05, 0) is 42.7 Å². The van der Waals surface area contributed by atoms with Crippen molar-refractivity contribution >= 4 is 23.4 Å². The van der Waals surface area contributed by atoms with E-state index in [2.05, 4.69) is 40.6 Å². The van der Waals surface area contributed by atoms with Crippen molar-refractivity contribution in [3.05, 3.63) is 54.6 Å². The summed E-state index contributed by atoms with van der Waals surface area (Å²) in [4.78, 5) is 17.4. The number of carbonyl (C=O) groups is 1. The second-order valence-corrected chi connectivity index (χ2v) is 7.68. The molecule has 0 bridgehead atoms. The van der Waals surface area contributed by atoms with Gasteiger partial charge in [-0.2, -0.15) is 16.9 Å². The van der Waals surface area contributed by atoms with Crippen molar-refractivity contribution in [3.63, 3.8) is 0 Å². The molecule has 0 aliphatic heterocycles. The van der Waals surface area contributed by atoms with Gasteiger partial charge in [0, 0.05) is 29.6 Å². The number of hydrogen-bond donors (Lipinski definition) is 2. The number of aromatic nitrogens is 4. The predicted molar refractivity (Wildman–Crippen MR) is 111 cm³/mol. The van der Waals surface area contributed by atoms with Crippen LogP contribution in [0.1, 0.15) is 38.1 Å². The summed E-state index contributed by atoms with van der Waals surface area (Å²) in [5.41, 5.74) is 1.62. The number of anilines is 1. The first kappa shape index (κ1) is 19.2.